The lowest BCUT2D eigenvalue weighted by Crippen LogP contribution is -2.36. The van der Waals surface area contributed by atoms with Gasteiger partial charge in [0.15, 0.2) is 4.96 Å². The average molecular weight is 299 g/mol. The fourth-order valence-corrected chi connectivity index (χ4v) is 3.51. The summed E-state index contributed by atoms with van der Waals surface area (Å²) in [5, 5.41) is 2.10. The molecule has 0 amide bonds. The van der Waals surface area contributed by atoms with E-state index in [2.05, 4.69) is 45.1 Å². The zero-order valence-corrected chi connectivity index (χ0v) is 12.6. The van der Waals surface area contributed by atoms with Crippen LogP contribution < -0.4 is 0 Å². The van der Waals surface area contributed by atoms with Crippen molar-refractivity contribution in [2.24, 2.45) is 0 Å². The molecule has 108 valence electrons. The molecule has 4 nitrogen and oxygen atoms in total. The number of nitrogens with zero attached hydrogens (tertiary/aromatic N) is 3. The number of ether oxygens (including phenoxy) is 1. The number of rotatable bonds is 3. The van der Waals surface area contributed by atoms with Crippen LogP contribution in [0.4, 0.5) is 0 Å². The van der Waals surface area contributed by atoms with Crippen molar-refractivity contribution in [1.29, 1.82) is 0 Å². The molecule has 0 bridgehead atoms. The summed E-state index contributed by atoms with van der Waals surface area (Å²) in [6.07, 6.45) is 2.12. The molecule has 0 atom stereocenters. The molecule has 0 unspecified atom stereocenters. The minimum atomic E-state index is 0.826. The predicted octanol–water partition coefficient (Wildman–Crippen LogP) is 2.90. The van der Waals surface area contributed by atoms with Crippen LogP contribution in [0.2, 0.25) is 0 Å². The van der Waals surface area contributed by atoms with Crippen LogP contribution in [0.3, 0.4) is 0 Å². The van der Waals surface area contributed by atoms with E-state index in [9.17, 15) is 0 Å². The summed E-state index contributed by atoms with van der Waals surface area (Å²) >= 11 is 1.69. The molecule has 21 heavy (non-hydrogen) atoms. The van der Waals surface area contributed by atoms with Gasteiger partial charge in [-0.25, -0.2) is 4.98 Å². The summed E-state index contributed by atoms with van der Waals surface area (Å²) in [5.74, 6) is 0. The monoisotopic (exact) mass is 299 g/mol. The summed E-state index contributed by atoms with van der Waals surface area (Å²) < 4.78 is 7.67. The van der Waals surface area contributed by atoms with Crippen molar-refractivity contribution >= 4 is 16.3 Å². The molecule has 1 aliphatic rings. The van der Waals surface area contributed by atoms with Gasteiger partial charge in [0.1, 0.15) is 0 Å². The Labute approximate surface area is 127 Å². The van der Waals surface area contributed by atoms with E-state index >= 15 is 0 Å². The van der Waals surface area contributed by atoms with Crippen molar-refractivity contribution < 1.29 is 4.74 Å². The van der Waals surface area contributed by atoms with E-state index in [-0.39, 0.29) is 0 Å². The first-order valence-corrected chi connectivity index (χ1v) is 8.10. The highest BCUT2D eigenvalue weighted by atomic mass is 32.1. The van der Waals surface area contributed by atoms with Crippen LogP contribution in [0.5, 0.6) is 0 Å². The highest BCUT2D eigenvalue weighted by Gasteiger charge is 2.19. The Hall–Kier alpha value is -1.69. The largest absolute Gasteiger partial charge is 0.379 e. The minimum Gasteiger partial charge on any atom is -0.379 e. The SMILES string of the molecule is c1ccc(-c2nc3sccn3c2CN2CCOCC2)cc1. The zero-order valence-electron chi connectivity index (χ0n) is 11.7. The van der Waals surface area contributed by atoms with Gasteiger partial charge in [0, 0.05) is 36.8 Å². The number of fused-ring (bicyclic) bond motifs is 1. The van der Waals surface area contributed by atoms with Crippen molar-refractivity contribution in [2.75, 3.05) is 26.3 Å². The molecule has 2 aromatic heterocycles. The van der Waals surface area contributed by atoms with Crippen LogP contribution in [0.1, 0.15) is 5.69 Å². The topological polar surface area (TPSA) is 29.8 Å². The fourth-order valence-electron chi connectivity index (χ4n) is 2.78. The number of thiazole rings is 1. The smallest absolute Gasteiger partial charge is 0.194 e. The van der Waals surface area contributed by atoms with E-state index in [0.29, 0.717) is 0 Å². The number of benzene rings is 1. The maximum absolute atomic E-state index is 5.44. The number of hydrogen-bond donors (Lipinski definition) is 0. The summed E-state index contributed by atoms with van der Waals surface area (Å²) in [7, 11) is 0. The molecule has 4 rings (SSSR count). The van der Waals surface area contributed by atoms with Crippen LogP contribution in [-0.2, 0) is 11.3 Å². The van der Waals surface area contributed by atoms with Gasteiger partial charge in [-0.05, 0) is 0 Å². The maximum atomic E-state index is 5.44. The maximum Gasteiger partial charge on any atom is 0.194 e. The van der Waals surface area contributed by atoms with Crippen LogP contribution in [-0.4, -0.2) is 40.6 Å². The molecule has 0 aliphatic carbocycles. The van der Waals surface area contributed by atoms with E-state index in [1.54, 1.807) is 11.3 Å². The van der Waals surface area contributed by atoms with Crippen LogP contribution in [0.25, 0.3) is 16.2 Å². The van der Waals surface area contributed by atoms with Gasteiger partial charge >= 0.3 is 0 Å². The van der Waals surface area contributed by atoms with Gasteiger partial charge in [-0.2, -0.15) is 0 Å². The van der Waals surface area contributed by atoms with Gasteiger partial charge in [-0.3, -0.25) is 9.30 Å². The first-order valence-electron chi connectivity index (χ1n) is 7.22. The molecule has 0 N–H and O–H groups in total. The molecule has 5 heteroatoms. The molecule has 1 aromatic carbocycles. The first kappa shape index (κ1) is 13.0. The van der Waals surface area contributed by atoms with Gasteiger partial charge in [-0.15, -0.1) is 11.3 Å². The second kappa shape index (κ2) is 5.60. The Morgan fingerprint density at radius 3 is 2.76 bits per heavy atom. The van der Waals surface area contributed by atoms with Crippen molar-refractivity contribution in [3.05, 3.63) is 47.6 Å². The third kappa shape index (κ3) is 2.48. The van der Waals surface area contributed by atoms with Gasteiger partial charge in [-0.1, -0.05) is 30.3 Å². The van der Waals surface area contributed by atoms with E-state index in [1.807, 2.05) is 6.07 Å². The number of morpholine rings is 1. The summed E-state index contributed by atoms with van der Waals surface area (Å²) in [6.45, 7) is 4.56. The zero-order chi connectivity index (χ0) is 14.1. The van der Waals surface area contributed by atoms with E-state index < -0.39 is 0 Å². The number of hydrogen-bond acceptors (Lipinski definition) is 4. The number of imidazole rings is 1. The molecule has 1 saturated heterocycles. The second-order valence-corrected chi connectivity index (χ2v) is 6.09. The lowest BCUT2D eigenvalue weighted by molar-refractivity contribution is 0.0336. The molecular formula is C16H17N3OS. The molecule has 3 heterocycles. The lowest BCUT2D eigenvalue weighted by Gasteiger charge is -2.26. The van der Waals surface area contributed by atoms with Crippen molar-refractivity contribution in [2.45, 2.75) is 6.54 Å². The lowest BCUT2D eigenvalue weighted by atomic mass is 10.1. The quantitative estimate of drug-likeness (QED) is 0.745. The average Bonchev–Trinajstić information content (AvgIpc) is 3.12. The van der Waals surface area contributed by atoms with Crippen LogP contribution in [0, 0.1) is 0 Å². The molecule has 0 spiro atoms. The first-order chi connectivity index (χ1) is 10.4. The van der Waals surface area contributed by atoms with Gasteiger partial charge in [0.25, 0.3) is 0 Å². The molecule has 0 saturated carbocycles. The van der Waals surface area contributed by atoms with Crippen LogP contribution >= 0.6 is 11.3 Å². The standard InChI is InChI=1S/C16H17N3OS/c1-2-4-13(5-3-1)15-14(12-18-6-9-20-10-7-18)19-8-11-21-16(19)17-15/h1-5,8,11H,6-7,9-10,12H2. The molecule has 3 aromatic rings. The highest BCUT2D eigenvalue weighted by Crippen LogP contribution is 2.27. The van der Waals surface area contributed by atoms with E-state index in [1.165, 1.54) is 11.3 Å². The van der Waals surface area contributed by atoms with Gasteiger partial charge < -0.3 is 4.74 Å². The van der Waals surface area contributed by atoms with Crippen LogP contribution in [0.15, 0.2) is 41.9 Å². The summed E-state index contributed by atoms with van der Waals surface area (Å²) in [6, 6.07) is 10.5. The van der Waals surface area contributed by atoms with E-state index in [4.69, 9.17) is 9.72 Å². The van der Waals surface area contributed by atoms with Gasteiger partial charge in [0.05, 0.1) is 24.6 Å². The molecule has 1 aliphatic heterocycles. The second-order valence-electron chi connectivity index (χ2n) is 5.22. The van der Waals surface area contributed by atoms with Gasteiger partial charge in [0.2, 0.25) is 0 Å². The highest BCUT2D eigenvalue weighted by molar-refractivity contribution is 7.15. The summed E-state index contributed by atoms with van der Waals surface area (Å²) in [4.78, 5) is 8.34. The third-order valence-corrected chi connectivity index (χ3v) is 4.64. The molecule has 1 fully saturated rings. The fraction of sp³-hybridized carbons (Fsp3) is 0.312. The Morgan fingerprint density at radius 2 is 1.95 bits per heavy atom. The Morgan fingerprint density at radius 1 is 1.14 bits per heavy atom. The Balaban J connectivity index is 1.75. The molecular weight excluding hydrogens is 282 g/mol. The predicted molar refractivity (Wildman–Crippen MR) is 84.6 cm³/mol. The van der Waals surface area contributed by atoms with Crippen molar-refractivity contribution in [1.82, 2.24) is 14.3 Å². The summed E-state index contributed by atoms with van der Waals surface area (Å²) in [5.41, 5.74) is 3.57. The normalized spacial score (nSPS) is 16.6. The Bertz CT molecular complexity index is 728. The number of aromatic nitrogens is 2. The molecule has 0 radical (unpaired) electrons. The minimum absolute atomic E-state index is 0.826. The third-order valence-electron chi connectivity index (χ3n) is 3.89. The van der Waals surface area contributed by atoms with Crippen molar-refractivity contribution in [3.63, 3.8) is 0 Å². The van der Waals surface area contributed by atoms with E-state index in [0.717, 1.165) is 43.5 Å². The Kier molecular flexibility index (Phi) is 3.47. The van der Waals surface area contributed by atoms with Crippen molar-refractivity contribution in [3.8, 4) is 11.3 Å².